The molecule has 1 aliphatic rings. The summed E-state index contributed by atoms with van der Waals surface area (Å²) >= 11 is 0. The molecule has 1 fully saturated rings. The van der Waals surface area contributed by atoms with Crippen molar-refractivity contribution >= 4 is 11.9 Å². The first-order chi connectivity index (χ1) is 11.7. The van der Waals surface area contributed by atoms with Gasteiger partial charge < -0.3 is 14.1 Å². The fourth-order valence-corrected chi connectivity index (χ4v) is 2.77. The molecule has 0 atom stereocenters. The smallest absolute Gasteiger partial charge is 0.373 e. The largest absolute Gasteiger partial charge is 0.463 e. The number of ether oxygens (including phenoxy) is 1. The molecule has 2 aromatic rings. The van der Waals surface area contributed by atoms with E-state index in [1.807, 2.05) is 35.2 Å². The molecule has 0 aliphatic carbocycles. The molecule has 3 rings (SSSR count). The number of furan rings is 1. The number of rotatable bonds is 4. The van der Waals surface area contributed by atoms with E-state index in [4.69, 9.17) is 4.42 Å². The molecule has 126 valence electrons. The molecule has 24 heavy (non-hydrogen) atoms. The molecule has 0 unspecified atom stereocenters. The number of hydrogen-bond donors (Lipinski definition) is 0. The number of carbonyl (C=O) groups is 2. The summed E-state index contributed by atoms with van der Waals surface area (Å²) in [5.74, 6) is 0.532. The van der Waals surface area contributed by atoms with E-state index in [-0.39, 0.29) is 11.7 Å². The van der Waals surface area contributed by atoms with Gasteiger partial charge in [0.15, 0.2) is 0 Å². The molecule has 1 amide bonds. The van der Waals surface area contributed by atoms with Crippen LogP contribution in [-0.2, 0) is 11.3 Å². The van der Waals surface area contributed by atoms with Crippen molar-refractivity contribution < 1.29 is 18.7 Å². The summed E-state index contributed by atoms with van der Waals surface area (Å²) in [4.78, 5) is 27.9. The summed E-state index contributed by atoms with van der Waals surface area (Å²) in [6.45, 7) is 3.51. The van der Waals surface area contributed by atoms with Crippen LogP contribution in [0.2, 0.25) is 0 Å². The molecule has 1 saturated heterocycles. The summed E-state index contributed by atoms with van der Waals surface area (Å²) in [5, 5.41) is 0. The lowest BCUT2D eigenvalue weighted by atomic mass is 10.2. The van der Waals surface area contributed by atoms with Crippen molar-refractivity contribution in [3.8, 4) is 0 Å². The molecule has 2 heterocycles. The minimum absolute atomic E-state index is 0.0706. The van der Waals surface area contributed by atoms with Gasteiger partial charge in [0.25, 0.3) is 5.91 Å². The van der Waals surface area contributed by atoms with E-state index in [0.29, 0.717) is 19.6 Å². The van der Waals surface area contributed by atoms with Gasteiger partial charge in [-0.2, -0.15) is 0 Å². The molecular weight excluding hydrogens is 308 g/mol. The standard InChI is InChI=1S/C18H20N2O4/c1-23-18(22)16-8-7-15(24-16)13-19-9-11-20(12-10-19)17(21)14-5-3-2-4-6-14/h2-8H,9-13H2,1H3. The maximum atomic E-state index is 12.4. The Morgan fingerprint density at radius 3 is 2.42 bits per heavy atom. The van der Waals surface area contributed by atoms with E-state index in [1.165, 1.54) is 7.11 Å². The SMILES string of the molecule is COC(=O)c1ccc(CN2CCN(C(=O)c3ccccc3)CC2)o1. The predicted octanol–water partition coefficient (Wildman–Crippen LogP) is 2.02. The van der Waals surface area contributed by atoms with Gasteiger partial charge in [0.05, 0.1) is 13.7 Å². The highest BCUT2D eigenvalue weighted by Gasteiger charge is 2.23. The Balaban J connectivity index is 1.53. The summed E-state index contributed by atoms with van der Waals surface area (Å²) < 4.78 is 10.1. The van der Waals surface area contributed by atoms with Gasteiger partial charge in [0.2, 0.25) is 5.76 Å². The van der Waals surface area contributed by atoms with Gasteiger partial charge in [0.1, 0.15) is 5.76 Å². The molecular formula is C18H20N2O4. The van der Waals surface area contributed by atoms with Crippen molar-refractivity contribution in [2.45, 2.75) is 6.54 Å². The minimum atomic E-state index is -0.473. The summed E-state index contributed by atoms with van der Waals surface area (Å²) in [6.07, 6.45) is 0. The van der Waals surface area contributed by atoms with Gasteiger partial charge in [-0.1, -0.05) is 18.2 Å². The van der Waals surface area contributed by atoms with Crippen LogP contribution in [0.3, 0.4) is 0 Å². The molecule has 0 N–H and O–H groups in total. The van der Waals surface area contributed by atoms with Crippen LogP contribution in [0.1, 0.15) is 26.7 Å². The average molecular weight is 328 g/mol. The van der Waals surface area contributed by atoms with E-state index in [1.54, 1.807) is 12.1 Å². The van der Waals surface area contributed by atoms with Gasteiger partial charge in [0, 0.05) is 31.7 Å². The van der Waals surface area contributed by atoms with Crippen LogP contribution in [0.25, 0.3) is 0 Å². The third-order valence-electron chi connectivity index (χ3n) is 4.11. The van der Waals surface area contributed by atoms with Gasteiger partial charge in [-0.15, -0.1) is 0 Å². The first-order valence-electron chi connectivity index (χ1n) is 7.91. The van der Waals surface area contributed by atoms with Crippen molar-refractivity contribution in [3.05, 3.63) is 59.5 Å². The number of benzene rings is 1. The Morgan fingerprint density at radius 2 is 1.75 bits per heavy atom. The highest BCUT2D eigenvalue weighted by Crippen LogP contribution is 2.14. The van der Waals surface area contributed by atoms with Gasteiger partial charge in [-0.25, -0.2) is 4.79 Å². The van der Waals surface area contributed by atoms with Crippen molar-refractivity contribution in [2.24, 2.45) is 0 Å². The second-order valence-electron chi connectivity index (χ2n) is 5.69. The van der Waals surface area contributed by atoms with E-state index in [0.717, 1.165) is 24.4 Å². The Labute approximate surface area is 140 Å². The highest BCUT2D eigenvalue weighted by molar-refractivity contribution is 5.94. The van der Waals surface area contributed by atoms with Gasteiger partial charge in [-0.3, -0.25) is 9.69 Å². The lowest BCUT2D eigenvalue weighted by molar-refractivity contribution is 0.0550. The van der Waals surface area contributed by atoms with Crippen LogP contribution in [0.5, 0.6) is 0 Å². The van der Waals surface area contributed by atoms with Crippen molar-refractivity contribution in [2.75, 3.05) is 33.3 Å². The Morgan fingerprint density at radius 1 is 1.04 bits per heavy atom. The maximum absolute atomic E-state index is 12.4. The molecule has 6 nitrogen and oxygen atoms in total. The van der Waals surface area contributed by atoms with Crippen LogP contribution >= 0.6 is 0 Å². The molecule has 1 aromatic heterocycles. The molecule has 6 heteroatoms. The third-order valence-corrected chi connectivity index (χ3v) is 4.11. The predicted molar refractivity (Wildman–Crippen MR) is 87.7 cm³/mol. The highest BCUT2D eigenvalue weighted by atomic mass is 16.5. The Hall–Kier alpha value is -2.60. The zero-order valence-electron chi connectivity index (χ0n) is 13.6. The van der Waals surface area contributed by atoms with Crippen molar-refractivity contribution in [1.29, 1.82) is 0 Å². The fraction of sp³-hybridized carbons (Fsp3) is 0.333. The van der Waals surface area contributed by atoms with Crippen molar-refractivity contribution in [1.82, 2.24) is 9.80 Å². The zero-order chi connectivity index (χ0) is 16.9. The first-order valence-corrected chi connectivity index (χ1v) is 7.91. The number of esters is 1. The second-order valence-corrected chi connectivity index (χ2v) is 5.69. The van der Waals surface area contributed by atoms with Crippen LogP contribution in [0, 0.1) is 0 Å². The van der Waals surface area contributed by atoms with Crippen LogP contribution in [0.15, 0.2) is 46.9 Å². The normalized spacial score (nSPS) is 15.3. The molecule has 0 radical (unpaired) electrons. The van der Waals surface area contributed by atoms with Crippen LogP contribution in [0.4, 0.5) is 0 Å². The van der Waals surface area contributed by atoms with E-state index < -0.39 is 5.97 Å². The first kappa shape index (κ1) is 16.3. The number of carbonyl (C=O) groups excluding carboxylic acids is 2. The fourth-order valence-electron chi connectivity index (χ4n) is 2.77. The van der Waals surface area contributed by atoms with Gasteiger partial charge >= 0.3 is 5.97 Å². The lowest BCUT2D eigenvalue weighted by Gasteiger charge is -2.34. The summed E-state index contributed by atoms with van der Waals surface area (Å²) in [6, 6.07) is 12.7. The average Bonchev–Trinajstić information content (AvgIpc) is 3.10. The number of amides is 1. The minimum Gasteiger partial charge on any atom is -0.463 e. The molecule has 1 aromatic carbocycles. The molecule has 1 aliphatic heterocycles. The molecule has 0 bridgehead atoms. The van der Waals surface area contributed by atoms with E-state index in [9.17, 15) is 9.59 Å². The second kappa shape index (κ2) is 7.31. The Kier molecular flexibility index (Phi) is 4.96. The molecule has 0 saturated carbocycles. The lowest BCUT2D eigenvalue weighted by Crippen LogP contribution is -2.48. The van der Waals surface area contributed by atoms with E-state index >= 15 is 0 Å². The topological polar surface area (TPSA) is 63.0 Å². The molecule has 0 spiro atoms. The van der Waals surface area contributed by atoms with E-state index in [2.05, 4.69) is 9.64 Å². The van der Waals surface area contributed by atoms with Gasteiger partial charge in [-0.05, 0) is 24.3 Å². The zero-order valence-corrected chi connectivity index (χ0v) is 13.6. The summed E-state index contributed by atoms with van der Waals surface area (Å²) in [5.41, 5.74) is 0.722. The quantitative estimate of drug-likeness (QED) is 0.804. The van der Waals surface area contributed by atoms with Crippen LogP contribution in [-0.4, -0.2) is 55.0 Å². The maximum Gasteiger partial charge on any atom is 0.373 e. The number of piperazine rings is 1. The Bertz CT molecular complexity index is 703. The van der Waals surface area contributed by atoms with Crippen molar-refractivity contribution in [3.63, 3.8) is 0 Å². The summed E-state index contributed by atoms with van der Waals surface area (Å²) in [7, 11) is 1.33. The monoisotopic (exact) mass is 328 g/mol. The third kappa shape index (κ3) is 3.65. The van der Waals surface area contributed by atoms with Crippen LogP contribution < -0.4 is 0 Å². The number of hydrogen-bond acceptors (Lipinski definition) is 5. The number of nitrogens with zero attached hydrogens (tertiary/aromatic N) is 2. The number of methoxy groups -OCH3 is 1.